The molecule has 4 rings (SSSR count). The van der Waals surface area contributed by atoms with E-state index in [-0.39, 0.29) is 12.1 Å². The summed E-state index contributed by atoms with van der Waals surface area (Å²) in [5.41, 5.74) is 2.33. The van der Waals surface area contributed by atoms with Gasteiger partial charge in [-0.1, -0.05) is 12.1 Å². The Morgan fingerprint density at radius 1 is 1.16 bits per heavy atom. The summed E-state index contributed by atoms with van der Waals surface area (Å²) in [5.74, 6) is 0. The lowest BCUT2D eigenvalue weighted by Gasteiger charge is -2.43. The molecule has 0 spiro atoms. The van der Waals surface area contributed by atoms with Crippen LogP contribution in [0.1, 0.15) is 12.0 Å². The number of likely N-dealkylation sites (tertiary alicyclic amines) is 1. The molecule has 2 aliphatic rings. The highest BCUT2D eigenvalue weighted by Gasteiger charge is 2.32. The smallest absolute Gasteiger partial charge is 0.0822 e. The van der Waals surface area contributed by atoms with Gasteiger partial charge in [0.25, 0.3) is 0 Å². The van der Waals surface area contributed by atoms with Crippen molar-refractivity contribution in [3.8, 4) is 5.69 Å². The minimum absolute atomic E-state index is 0.274. The molecule has 1 aromatic heterocycles. The van der Waals surface area contributed by atoms with E-state index in [4.69, 9.17) is 4.74 Å². The molecule has 0 aliphatic carbocycles. The van der Waals surface area contributed by atoms with E-state index in [9.17, 15) is 5.11 Å². The van der Waals surface area contributed by atoms with Crippen molar-refractivity contribution in [1.29, 1.82) is 0 Å². The summed E-state index contributed by atoms with van der Waals surface area (Å²) in [4.78, 5) is 4.74. The molecular weight excluding hydrogens is 316 g/mol. The largest absolute Gasteiger partial charge is 0.390 e. The molecule has 6 nitrogen and oxygen atoms in total. The lowest BCUT2D eigenvalue weighted by Crippen LogP contribution is -2.56. The van der Waals surface area contributed by atoms with Gasteiger partial charge >= 0.3 is 0 Å². The van der Waals surface area contributed by atoms with E-state index in [0.29, 0.717) is 0 Å². The monoisotopic (exact) mass is 342 g/mol. The molecule has 0 saturated carbocycles. The number of rotatable bonds is 4. The molecule has 2 aromatic rings. The highest BCUT2D eigenvalue weighted by Crippen LogP contribution is 2.20. The second kappa shape index (κ2) is 7.66. The molecule has 0 unspecified atom stereocenters. The van der Waals surface area contributed by atoms with Crippen molar-refractivity contribution in [2.75, 3.05) is 39.4 Å². The Hall–Kier alpha value is -1.73. The van der Waals surface area contributed by atoms with Crippen LogP contribution in [-0.2, 0) is 11.3 Å². The summed E-state index contributed by atoms with van der Waals surface area (Å²) in [5, 5.41) is 14.9. The highest BCUT2D eigenvalue weighted by atomic mass is 16.5. The topological polar surface area (TPSA) is 53.8 Å². The van der Waals surface area contributed by atoms with Crippen LogP contribution in [0.15, 0.2) is 42.7 Å². The van der Waals surface area contributed by atoms with Crippen LogP contribution < -0.4 is 0 Å². The Morgan fingerprint density at radius 2 is 2.04 bits per heavy atom. The zero-order valence-corrected chi connectivity index (χ0v) is 14.5. The predicted octanol–water partition coefficient (Wildman–Crippen LogP) is 1.14. The number of aliphatic hydroxyl groups is 1. The SMILES string of the molecule is O[C@@H]1CN(Cc2cccc(-n3cccn3)c2)CC[C@H]1N1CCOCC1. The second-order valence-corrected chi connectivity index (χ2v) is 6.93. The lowest BCUT2D eigenvalue weighted by molar-refractivity contribution is -0.0534. The summed E-state index contributed by atoms with van der Waals surface area (Å²) < 4.78 is 7.30. The number of morpholine rings is 1. The van der Waals surface area contributed by atoms with E-state index in [0.717, 1.165) is 58.0 Å². The first kappa shape index (κ1) is 16.7. The summed E-state index contributed by atoms with van der Waals surface area (Å²) in [7, 11) is 0. The van der Waals surface area contributed by atoms with E-state index in [1.165, 1.54) is 5.56 Å². The predicted molar refractivity (Wildman–Crippen MR) is 95.6 cm³/mol. The summed E-state index contributed by atoms with van der Waals surface area (Å²) in [6.07, 6.45) is 4.47. The van der Waals surface area contributed by atoms with E-state index >= 15 is 0 Å². The maximum atomic E-state index is 10.6. The van der Waals surface area contributed by atoms with Gasteiger partial charge in [-0.05, 0) is 30.2 Å². The van der Waals surface area contributed by atoms with Crippen molar-refractivity contribution in [2.45, 2.75) is 25.1 Å². The van der Waals surface area contributed by atoms with Gasteiger partial charge < -0.3 is 9.84 Å². The van der Waals surface area contributed by atoms with Crippen LogP contribution >= 0.6 is 0 Å². The molecule has 0 radical (unpaired) electrons. The Bertz CT molecular complexity index is 670. The van der Waals surface area contributed by atoms with Gasteiger partial charge in [0.05, 0.1) is 25.0 Å². The molecule has 134 valence electrons. The fourth-order valence-corrected chi connectivity index (χ4v) is 3.94. The van der Waals surface area contributed by atoms with Gasteiger partial charge in [-0.3, -0.25) is 9.80 Å². The van der Waals surface area contributed by atoms with E-state index in [2.05, 4.69) is 39.2 Å². The summed E-state index contributed by atoms with van der Waals surface area (Å²) in [6.45, 7) is 6.06. The van der Waals surface area contributed by atoms with Gasteiger partial charge in [0, 0.05) is 51.2 Å². The van der Waals surface area contributed by atoms with Gasteiger partial charge in [-0.25, -0.2) is 4.68 Å². The third-order valence-corrected chi connectivity index (χ3v) is 5.23. The molecule has 0 amide bonds. The van der Waals surface area contributed by atoms with Gasteiger partial charge in [-0.2, -0.15) is 5.10 Å². The molecule has 1 N–H and O–H groups in total. The number of piperidine rings is 1. The molecule has 2 saturated heterocycles. The van der Waals surface area contributed by atoms with Gasteiger partial charge in [0.2, 0.25) is 0 Å². The van der Waals surface area contributed by atoms with Crippen LogP contribution in [-0.4, -0.2) is 76.2 Å². The third kappa shape index (κ3) is 3.93. The van der Waals surface area contributed by atoms with Crippen LogP contribution in [0.25, 0.3) is 5.69 Å². The zero-order valence-electron chi connectivity index (χ0n) is 14.5. The summed E-state index contributed by atoms with van der Waals surface area (Å²) in [6, 6.07) is 10.7. The fourth-order valence-electron chi connectivity index (χ4n) is 3.94. The first-order valence-electron chi connectivity index (χ1n) is 9.11. The highest BCUT2D eigenvalue weighted by molar-refractivity contribution is 5.35. The maximum absolute atomic E-state index is 10.6. The van der Waals surface area contributed by atoms with Crippen molar-refractivity contribution >= 4 is 0 Å². The standard InChI is InChI=1S/C19H26N4O2/c24-19-15-21(8-5-18(19)22-9-11-25-12-10-22)14-16-3-1-4-17(13-16)23-7-2-6-20-23/h1-4,6-7,13,18-19,24H,5,8-12,14-15H2/t18-,19-/m1/s1. The number of β-amino-alcohol motifs (C(OH)–C–C–N with tert-alkyl or cyclic N) is 1. The average Bonchev–Trinajstić information content (AvgIpc) is 3.18. The number of nitrogens with zero attached hydrogens (tertiary/aromatic N) is 4. The van der Waals surface area contributed by atoms with E-state index in [1.54, 1.807) is 6.20 Å². The number of hydrogen-bond donors (Lipinski definition) is 1. The van der Waals surface area contributed by atoms with Gasteiger partial charge in [-0.15, -0.1) is 0 Å². The third-order valence-electron chi connectivity index (χ3n) is 5.23. The molecule has 2 atom stereocenters. The minimum atomic E-state index is -0.291. The van der Waals surface area contributed by atoms with E-state index in [1.807, 2.05) is 16.9 Å². The fraction of sp³-hybridized carbons (Fsp3) is 0.526. The molecule has 2 fully saturated rings. The molecule has 2 aliphatic heterocycles. The minimum Gasteiger partial charge on any atom is -0.390 e. The van der Waals surface area contributed by atoms with Crippen molar-refractivity contribution in [1.82, 2.24) is 19.6 Å². The quantitative estimate of drug-likeness (QED) is 0.903. The molecule has 1 aromatic carbocycles. The van der Waals surface area contributed by atoms with Crippen molar-refractivity contribution < 1.29 is 9.84 Å². The van der Waals surface area contributed by atoms with Crippen molar-refractivity contribution in [3.05, 3.63) is 48.3 Å². The van der Waals surface area contributed by atoms with E-state index < -0.39 is 0 Å². The Kier molecular flexibility index (Phi) is 5.12. The number of aliphatic hydroxyl groups excluding tert-OH is 1. The maximum Gasteiger partial charge on any atom is 0.0822 e. The Balaban J connectivity index is 1.37. The number of aromatic nitrogens is 2. The van der Waals surface area contributed by atoms with Gasteiger partial charge in [0.1, 0.15) is 0 Å². The molecule has 6 heteroatoms. The first-order chi connectivity index (χ1) is 12.3. The lowest BCUT2D eigenvalue weighted by atomic mass is 9.99. The molecule has 3 heterocycles. The zero-order chi connectivity index (χ0) is 17.1. The van der Waals surface area contributed by atoms with Crippen LogP contribution in [0.5, 0.6) is 0 Å². The van der Waals surface area contributed by atoms with Crippen LogP contribution in [0, 0.1) is 0 Å². The molecular formula is C19H26N4O2. The van der Waals surface area contributed by atoms with Crippen LogP contribution in [0.4, 0.5) is 0 Å². The Morgan fingerprint density at radius 3 is 2.80 bits per heavy atom. The normalized spacial score (nSPS) is 26.0. The average molecular weight is 342 g/mol. The van der Waals surface area contributed by atoms with Crippen molar-refractivity contribution in [2.24, 2.45) is 0 Å². The van der Waals surface area contributed by atoms with Crippen LogP contribution in [0.2, 0.25) is 0 Å². The Labute approximate surface area is 148 Å². The van der Waals surface area contributed by atoms with Crippen molar-refractivity contribution in [3.63, 3.8) is 0 Å². The number of hydrogen-bond acceptors (Lipinski definition) is 5. The molecule has 0 bridgehead atoms. The summed E-state index contributed by atoms with van der Waals surface area (Å²) >= 11 is 0. The van der Waals surface area contributed by atoms with Crippen LogP contribution in [0.3, 0.4) is 0 Å². The second-order valence-electron chi connectivity index (χ2n) is 6.93. The number of ether oxygens (including phenoxy) is 1. The molecule has 25 heavy (non-hydrogen) atoms. The first-order valence-corrected chi connectivity index (χ1v) is 9.11. The number of benzene rings is 1. The van der Waals surface area contributed by atoms with Gasteiger partial charge in [0.15, 0.2) is 0 Å².